The van der Waals surface area contributed by atoms with Gasteiger partial charge in [-0.05, 0) is 26.0 Å². The number of anilines is 1. The van der Waals surface area contributed by atoms with Gasteiger partial charge in [-0.25, -0.2) is 9.78 Å². The molecular weight excluding hydrogens is 354 g/mol. The lowest BCUT2D eigenvalue weighted by molar-refractivity contribution is 0.0833. The van der Waals surface area contributed by atoms with Crippen molar-refractivity contribution in [1.82, 2.24) is 9.88 Å². The molecule has 1 aromatic carbocycles. The van der Waals surface area contributed by atoms with Crippen LogP contribution in [0.1, 0.15) is 25.1 Å². The van der Waals surface area contributed by atoms with Crippen molar-refractivity contribution in [2.24, 2.45) is 0 Å². The van der Waals surface area contributed by atoms with Crippen LogP contribution >= 0.6 is 11.3 Å². The van der Waals surface area contributed by atoms with Gasteiger partial charge in [0.2, 0.25) is 0 Å². The lowest BCUT2D eigenvalue weighted by atomic mass is 10.1. The van der Waals surface area contributed by atoms with Crippen LogP contribution < -0.4 is 14.8 Å². The average Bonchev–Trinajstić information content (AvgIpc) is 2.96. The highest BCUT2D eigenvalue weighted by molar-refractivity contribution is 7.13. The number of hydrogen-bond acceptors (Lipinski definition) is 6. The van der Waals surface area contributed by atoms with Crippen LogP contribution in [0.25, 0.3) is 0 Å². The summed E-state index contributed by atoms with van der Waals surface area (Å²) in [6.07, 6.45) is 0. The number of carbonyl (C=O) groups excluding carboxylic acids is 1. The van der Waals surface area contributed by atoms with E-state index in [1.807, 2.05) is 37.4 Å². The number of fused-ring (bicyclic) bond motifs is 1. The van der Waals surface area contributed by atoms with Gasteiger partial charge in [-0.1, -0.05) is 0 Å². The second-order valence-electron chi connectivity index (χ2n) is 6.70. The number of nitrogens with zero attached hydrogens (tertiary/aromatic N) is 2. The lowest BCUT2D eigenvalue weighted by Gasteiger charge is -2.29. The monoisotopic (exact) mass is 377 g/mol. The van der Waals surface area contributed by atoms with E-state index in [1.54, 1.807) is 19.1 Å². The van der Waals surface area contributed by atoms with E-state index in [4.69, 9.17) is 14.2 Å². The van der Waals surface area contributed by atoms with Crippen LogP contribution in [0.2, 0.25) is 0 Å². The summed E-state index contributed by atoms with van der Waals surface area (Å²) in [6, 6.07) is 5.45. The maximum Gasteiger partial charge on any atom is 0.324 e. The van der Waals surface area contributed by atoms with Crippen LogP contribution in [0.5, 0.6) is 11.5 Å². The normalized spacial score (nSPS) is 15.6. The number of rotatable bonds is 4. The topological polar surface area (TPSA) is 72.9 Å². The van der Waals surface area contributed by atoms with Gasteiger partial charge >= 0.3 is 6.03 Å². The maximum absolute atomic E-state index is 12.8. The summed E-state index contributed by atoms with van der Waals surface area (Å²) in [6.45, 7) is 5.24. The molecule has 0 aliphatic carbocycles. The fourth-order valence-corrected chi connectivity index (χ4v) is 3.52. The van der Waals surface area contributed by atoms with E-state index in [9.17, 15) is 4.79 Å². The van der Waals surface area contributed by atoms with Crippen molar-refractivity contribution in [2.45, 2.75) is 32.6 Å². The van der Waals surface area contributed by atoms with Crippen LogP contribution in [0.15, 0.2) is 23.6 Å². The number of hydrogen-bond donors (Lipinski definition) is 1. The first kappa shape index (κ1) is 18.5. The van der Waals surface area contributed by atoms with Gasteiger partial charge in [0, 0.05) is 24.1 Å². The van der Waals surface area contributed by atoms with E-state index in [2.05, 4.69) is 10.3 Å². The molecule has 2 amide bonds. The number of thiazole rings is 1. The molecule has 140 valence electrons. The van der Waals surface area contributed by atoms with Crippen molar-refractivity contribution >= 4 is 22.5 Å². The zero-order valence-corrected chi connectivity index (χ0v) is 16.2. The van der Waals surface area contributed by atoms with Gasteiger partial charge in [0.15, 0.2) is 5.13 Å². The number of ether oxygens (including phenoxy) is 3. The third kappa shape index (κ3) is 4.25. The summed E-state index contributed by atoms with van der Waals surface area (Å²) in [5.41, 5.74) is 1.20. The summed E-state index contributed by atoms with van der Waals surface area (Å²) in [7, 11) is 3.23. The molecule has 0 unspecified atom stereocenters. The van der Waals surface area contributed by atoms with E-state index in [0.29, 0.717) is 24.8 Å². The molecule has 0 saturated heterocycles. The molecule has 0 atom stereocenters. The molecule has 1 N–H and O–H groups in total. The number of aromatic nitrogens is 1. The van der Waals surface area contributed by atoms with Crippen LogP contribution in [0, 0.1) is 0 Å². The molecule has 0 bridgehead atoms. The Hall–Kier alpha value is -2.32. The van der Waals surface area contributed by atoms with Crippen LogP contribution in [0.4, 0.5) is 9.93 Å². The zero-order chi connectivity index (χ0) is 18.7. The van der Waals surface area contributed by atoms with Crippen molar-refractivity contribution in [3.05, 3.63) is 34.8 Å². The number of benzene rings is 1. The minimum Gasteiger partial charge on any atom is -0.497 e. The van der Waals surface area contributed by atoms with Crippen molar-refractivity contribution < 1.29 is 19.0 Å². The summed E-state index contributed by atoms with van der Waals surface area (Å²) in [4.78, 5) is 18.9. The van der Waals surface area contributed by atoms with Gasteiger partial charge in [0.25, 0.3) is 0 Å². The maximum atomic E-state index is 12.8. The minimum atomic E-state index is -0.529. The first-order valence-electron chi connectivity index (χ1n) is 8.25. The molecule has 1 aliphatic heterocycles. The number of urea groups is 1. The Kier molecular flexibility index (Phi) is 5.33. The van der Waals surface area contributed by atoms with Gasteiger partial charge in [-0.2, -0.15) is 0 Å². The molecule has 1 aliphatic rings. The predicted molar refractivity (Wildman–Crippen MR) is 100.0 cm³/mol. The highest BCUT2D eigenvalue weighted by Crippen LogP contribution is 2.33. The number of carbonyl (C=O) groups is 1. The Balaban J connectivity index is 1.78. The summed E-state index contributed by atoms with van der Waals surface area (Å²) >= 11 is 1.38. The van der Waals surface area contributed by atoms with Gasteiger partial charge in [0.05, 0.1) is 32.5 Å². The summed E-state index contributed by atoms with van der Waals surface area (Å²) in [5, 5.41) is 5.29. The quantitative estimate of drug-likeness (QED) is 0.883. The largest absolute Gasteiger partial charge is 0.497 e. The molecule has 2 aromatic rings. The second-order valence-corrected chi connectivity index (χ2v) is 7.56. The highest BCUT2D eigenvalue weighted by atomic mass is 32.1. The van der Waals surface area contributed by atoms with Crippen molar-refractivity contribution in [1.29, 1.82) is 0 Å². The molecule has 0 saturated carbocycles. The van der Waals surface area contributed by atoms with Crippen LogP contribution in [-0.2, 0) is 17.9 Å². The molecule has 7 nitrogen and oxygen atoms in total. The Bertz CT molecular complexity index is 790. The molecule has 2 heterocycles. The molecule has 0 radical (unpaired) electrons. The van der Waals surface area contributed by atoms with E-state index < -0.39 is 5.60 Å². The van der Waals surface area contributed by atoms with Gasteiger partial charge in [0.1, 0.15) is 17.1 Å². The summed E-state index contributed by atoms with van der Waals surface area (Å²) < 4.78 is 16.5. The average molecular weight is 377 g/mol. The SMILES string of the molecule is COCc1csc(NC(=O)N2Cc3ccc(OC)cc3OC(C)(C)C2)n1. The van der Waals surface area contributed by atoms with Crippen molar-refractivity contribution in [3.63, 3.8) is 0 Å². The van der Waals surface area contributed by atoms with E-state index >= 15 is 0 Å². The minimum absolute atomic E-state index is 0.205. The standard InChI is InChI=1S/C18H23N3O4S/c1-18(2)11-21(8-12-5-6-14(24-4)7-15(12)25-18)17(22)20-16-19-13(9-23-3)10-26-16/h5-7,10H,8-9,11H2,1-4H3,(H,19,20,22). The zero-order valence-electron chi connectivity index (χ0n) is 15.4. The number of nitrogens with one attached hydrogen (secondary N) is 1. The van der Waals surface area contributed by atoms with Gasteiger partial charge < -0.3 is 19.1 Å². The van der Waals surface area contributed by atoms with Crippen LogP contribution in [0.3, 0.4) is 0 Å². The summed E-state index contributed by atoms with van der Waals surface area (Å²) in [5.74, 6) is 1.46. The highest BCUT2D eigenvalue weighted by Gasteiger charge is 2.32. The number of methoxy groups -OCH3 is 2. The van der Waals surface area contributed by atoms with Crippen molar-refractivity contribution in [3.8, 4) is 11.5 Å². The van der Waals surface area contributed by atoms with Crippen molar-refractivity contribution in [2.75, 3.05) is 26.1 Å². The fourth-order valence-electron chi connectivity index (χ4n) is 2.83. The Morgan fingerprint density at radius 2 is 2.23 bits per heavy atom. The second kappa shape index (κ2) is 7.51. The Morgan fingerprint density at radius 1 is 1.42 bits per heavy atom. The molecule has 26 heavy (non-hydrogen) atoms. The van der Waals surface area contributed by atoms with Gasteiger partial charge in [-0.3, -0.25) is 5.32 Å². The molecule has 0 spiro atoms. The fraction of sp³-hybridized carbons (Fsp3) is 0.444. The molecule has 0 fully saturated rings. The molecule has 8 heteroatoms. The van der Waals surface area contributed by atoms with E-state index in [-0.39, 0.29) is 6.03 Å². The first-order valence-corrected chi connectivity index (χ1v) is 9.13. The van der Waals surface area contributed by atoms with Crippen LogP contribution in [-0.4, -0.2) is 42.3 Å². The third-order valence-corrected chi connectivity index (χ3v) is 4.75. The van der Waals surface area contributed by atoms with E-state index in [0.717, 1.165) is 22.8 Å². The van der Waals surface area contributed by atoms with Gasteiger partial charge in [-0.15, -0.1) is 11.3 Å². The number of amides is 2. The molecule has 3 rings (SSSR count). The van der Waals surface area contributed by atoms with E-state index in [1.165, 1.54) is 11.3 Å². The Labute approximate surface area is 156 Å². The smallest absolute Gasteiger partial charge is 0.324 e. The molecular formula is C18H23N3O4S. The first-order chi connectivity index (χ1) is 12.4. The lowest BCUT2D eigenvalue weighted by Crippen LogP contribution is -2.44. The molecule has 1 aromatic heterocycles. The third-order valence-electron chi connectivity index (χ3n) is 3.94. The predicted octanol–water partition coefficient (Wildman–Crippen LogP) is 3.50. The Morgan fingerprint density at radius 3 is 2.96 bits per heavy atom.